The second kappa shape index (κ2) is 9.09. The predicted molar refractivity (Wildman–Crippen MR) is 104 cm³/mol. The van der Waals surface area contributed by atoms with E-state index in [0.717, 1.165) is 18.4 Å². The van der Waals surface area contributed by atoms with Gasteiger partial charge in [-0.15, -0.1) is 12.4 Å². The zero-order chi connectivity index (χ0) is 16.9. The molecular weight excluding hydrogens is 359 g/mol. The number of carbonyl (C=O) groups is 1. The smallest absolute Gasteiger partial charge is 0.255 e. The van der Waals surface area contributed by atoms with Crippen LogP contribution < -0.4 is 15.8 Å². The first-order valence-electron chi connectivity index (χ1n) is 8.22. The quantitative estimate of drug-likeness (QED) is 0.782. The van der Waals surface area contributed by atoms with E-state index in [9.17, 15) is 4.79 Å². The second-order valence-corrected chi connectivity index (χ2v) is 6.43. The third-order valence-electron chi connectivity index (χ3n) is 4.24. The summed E-state index contributed by atoms with van der Waals surface area (Å²) in [4.78, 5) is 12.3. The van der Waals surface area contributed by atoms with Crippen LogP contribution in [0.4, 0.5) is 5.69 Å². The van der Waals surface area contributed by atoms with E-state index in [1.807, 2.05) is 24.3 Å². The highest BCUT2D eigenvalue weighted by Crippen LogP contribution is 2.31. The van der Waals surface area contributed by atoms with Crippen LogP contribution in [0, 0.1) is 0 Å². The van der Waals surface area contributed by atoms with Crippen LogP contribution in [0.15, 0.2) is 42.5 Å². The van der Waals surface area contributed by atoms with Gasteiger partial charge in [0.2, 0.25) is 0 Å². The lowest BCUT2D eigenvalue weighted by atomic mass is 10.1. The van der Waals surface area contributed by atoms with Crippen LogP contribution >= 0.6 is 24.0 Å². The molecule has 134 valence electrons. The Bertz CT molecular complexity index is 714. The summed E-state index contributed by atoms with van der Waals surface area (Å²) >= 11 is 6.29. The number of carbonyl (C=O) groups excluding carboxylic acids is 1. The zero-order valence-electron chi connectivity index (χ0n) is 13.8. The molecule has 3 N–H and O–H groups in total. The van der Waals surface area contributed by atoms with Crippen LogP contribution in [0.5, 0.6) is 5.75 Å². The molecule has 1 fully saturated rings. The normalized spacial score (nSPS) is 14.0. The number of benzene rings is 2. The van der Waals surface area contributed by atoms with E-state index in [0.29, 0.717) is 28.6 Å². The lowest BCUT2D eigenvalue weighted by Crippen LogP contribution is -2.13. The van der Waals surface area contributed by atoms with Crippen molar-refractivity contribution in [3.8, 4) is 5.75 Å². The molecule has 1 amide bonds. The number of hydrogen-bond acceptors (Lipinski definition) is 3. The number of nitrogens with two attached hydrogens (primary N) is 1. The van der Waals surface area contributed by atoms with Gasteiger partial charge in [0.25, 0.3) is 5.91 Å². The highest BCUT2D eigenvalue weighted by atomic mass is 35.5. The number of halogens is 2. The van der Waals surface area contributed by atoms with Crippen molar-refractivity contribution in [2.45, 2.75) is 38.3 Å². The van der Waals surface area contributed by atoms with Gasteiger partial charge in [0, 0.05) is 17.8 Å². The molecule has 1 aliphatic rings. The molecule has 0 aromatic heterocycles. The SMILES string of the molecule is Cl.NCc1ccc(C(=O)Nc2ccc(OC3CCCC3)c(Cl)c2)cc1. The number of nitrogens with one attached hydrogen (secondary N) is 1. The third-order valence-corrected chi connectivity index (χ3v) is 4.53. The zero-order valence-corrected chi connectivity index (χ0v) is 15.4. The first-order chi connectivity index (χ1) is 11.7. The molecule has 1 aliphatic carbocycles. The Hall–Kier alpha value is -1.75. The molecule has 4 nitrogen and oxygen atoms in total. The number of rotatable bonds is 5. The van der Waals surface area contributed by atoms with Gasteiger partial charge in [-0.1, -0.05) is 23.7 Å². The Morgan fingerprint density at radius 3 is 2.44 bits per heavy atom. The number of amides is 1. The summed E-state index contributed by atoms with van der Waals surface area (Å²) in [6, 6.07) is 12.6. The van der Waals surface area contributed by atoms with Crippen LogP contribution in [0.25, 0.3) is 0 Å². The number of anilines is 1. The summed E-state index contributed by atoms with van der Waals surface area (Å²) in [6.07, 6.45) is 4.82. The van der Waals surface area contributed by atoms with Crippen LogP contribution in [-0.4, -0.2) is 12.0 Å². The average Bonchev–Trinajstić information content (AvgIpc) is 3.10. The molecule has 0 spiro atoms. The summed E-state index contributed by atoms with van der Waals surface area (Å²) in [5, 5.41) is 3.36. The maximum absolute atomic E-state index is 12.3. The first-order valence-corrected chi connectivity index (χ1v) is 8.60. The van der Waals surface area contributed by atoms with Gasteiger partial charge in [0.05, 0.1) is 11.1 Å². The lowest BCUT2D eigenvalue weighted by Gasteiger charge is -2.15. The van der Waals surface area contributed by atoms with Crippen LogP contribution in [0.1, 0.15) is 41.6 Å². The van der Waals surface area contributed by atoms with Crippen molar-refractivity contribution in [3.63, 3.8) is 0 Å². The first kappa shape index (κ1) is 19.6. The van der Waals surface area contributed by atoms with Gasteiger partial charge in [-0.25, -0.2) is 0 Å². The van der Waals surface area contributed by atoms with E-state index in [-0.39, 0.29) is 24.4 Å². The van der Waals surface area contributed by atoms with Crippen LogP contribution in [-0.2, 0) is 6.54 Å². The molecule has 0 radical (unpaired) electrons. The van der Waals surface area contributed by atoms with Crippen LogP contribution in [0.2, 0.25) is 5.02 Å². The van der Waals surface area contributed by atoms with Gasteiger partial charge in [0.15, 0.2) is 0 Å². The minimum absolute atomic E-state index is 0. The Balaban J connectivity index is 0.00000225. The van der Waals surface area contributed by atoms with Gasteiger partial charge in [-0.05, 0) is 61.6 Å². The lowest BCUT2D eigenvalue weighted by molar-refractivity contribution is 0.102. The van der Waals surface area contributed by atoms with Crippen molar-refractivity contribution in [1.29, 1.82) is 0 Å². The Morgan fingerprint density at radius 1 is 1.16 bits per heavy atom. The molecule has 0 aliphatic heterocycles. The van der Waals surface area contributed by atoms with Crippen molar-refractivity contribution in [3.05, 3.63) is 58.6 Å². The summed E-state index contributed by atoms with van der Waals surface area (Å²) in [5.74, 6) is 0.493. The topological polar surface area (TPSA) is 64.4 Å². The van der Waals surface area contributed by atoms with E-state index in [2.05, 4.69) is 5.32 Å². The molecule has 0 bridgehead atoms. The van der Waals surface area contributed by atoms with E-state index in [4.69, 9.17) is 22.1 Å². The maximum Gasteiger partial charge on any atom is 0.255 e. The number of hydrogen-bond donors (Lipinski definition) is 2. The molecule has 0 atom stereocenters. The average molecular weight is 381 g/mol. The largest absolute Gasteiger partial charge is 0.489 e. The summed E-state index contributed by atoms with van der Waals surface area (Å²) in [7, 11) is 0. The Kier molecular flexibility index (Phi) is 7.12. The van der Waals surface area contributed by atoms with Crippen molar-refractivity contribution in [1.82, 2.24) is 0 Å². The minimum atomic E-state index is -0.181. The van der Waals surface area contributed by atoms with Gasteiger partial charge in [-0.2, -0.15) is 0 Å². The van der Waals surface area contributed by atoms with E-state index < -0.39 is 0 Å². The molecule has 6 heteroatoms. The van der Waals surface area contributed by atoms with Crippen molar-refractivity contribution in [2.24, 2.45) is 5.73 Å². The van der Waals surface area contributed by atoms with Crippen molar-refractivity contribution < 1.29 is 9.53 Å². The molecule has 0 saturated heterocycles. The molecule has 2 aromatic rings. The second-order valence-electron chi connectivity index (χ2n) is 6.02. The third kappa shape index (κ3) is 5.11. The van der Waals surface area contributed by atoms with E-state index in [1.54, 1.807) is 18.2 Å². The fourth-order valence-corrected chi connectivity index (χ4v) is 3.08. The molecule has 3 rings (SSSR count). The minimum Gasteiger partial charge on any atom is -0.489 e. The molecule has 2 aromatic carbocycles. The summed E-state index contributed by atoms with van der Waals surface area (Å²) in [5.41, 5.74) is 7.77. The standard InChI is InChI=1S/C19H21ClN2O2.ClH/c20-17-11-15(9-10-18(17)24-16-3-1-2-4-16)22-19(23)14-7-5-13(12-21)6-8-14;/h5-11,16H,1-4,12,21H2,(H,22,23);1H. The Labute approximate surface area is 159 Å². The molecular formula is C19H22Cl2N2O2. The summed E-state index contributed by atoms with van der Waals surface area (Å²) in [6.45, 7) is 0.458. The molecule has 0 heterocycles. The van der Waals surface area contributed by atoms with E-state index in [1.165, 1.54) is 12.8 Å². The van der Waals surface area contributed by atoms with Gasteiger partial charge < -0.3 is 15.8 Å². The van der Waals surface area contributed by atoms with E-state index >= 15 is 0 Å². The highest BCUT2D eigenvalue weighted by Gasteiger charge is 2.18. The van der Waals surface area contributed by atoms with Gasteiger partial charge in [0.1, 0.15) is 5.75 Å². The fraction of sp³-hybridized carbons (Fsp3) is 0.316. The Morgan fingerprint density at radius 2 is 1.84 bits per heavy atom. The fourth-order valence-electron chi connectivity index (χ4n) is 2.86. The number of ether oxygens (including phenoxy) is 1. The van der Waals surface area contributed by atoms with Crippen molar-refractivity contribution >= 4 is 35.6 Å². The molecule has 25 heavy (non-hydrogen) atoms. The molecule has 0 unspecified atom stereocenters. The van der Waals surface area contributed by atoms with Gasteiger partial charge in [-0.3, -0.25) is 4.79 Å². The maximum atomic E-state index is 12.3. The molecule has 1 saturated carbocycles. The van der Waals surface area contributed by atoms with Crippen molar-refractivity contribution in [2.75, 3.05) is 5.32 Å². The predicted octanol–water partition coefficient (Wildman–Crippen LogP) is 4.79. The summed E-state index contributed by atoms with van der Waals surface area (Å²) < 4.78 is 5.92. The highest BCUT2D eigenvalue weighted by molar-refractivity contribution is 6.32. The van der Waals surface area contributed by atoms with Gasteiger partial charge >= 0.3 is 0 Å². The van der Waals surface area contributed by atoms with Crippen LogP contribution in [0.3, 0.4) is 0 Å². The monoisotopic (exact) mass is 380 g/mol.